The van der Waals surface area contributed by atoms with E-state index in [1.807, 2.05) is 71.4 Å². The highest BCUT2D eigenvalue weighted by atomic mass is 16.5. The highest BCUT2D eigenvalue weighted by Gasteiger charge is 2.11. The third-order valence-electron chi connectivity index (χ3n) is 6.07. The van der Waals surface area contributed by atoms with Crippen LogP contribution >= 0.6 is 0 Å². The highest BCUT2D eigenvalue weighted by Crippen LogP contribution is 2.29. The molecule has 0 atom stereocenters. The Labute approximate surface area is 208 Å². The Morgan fingerprint density at radius 2 is 1.72 bits per heavy atom. The van der Waals surface area contributed by atoms with Gasteiger partial charge < -0.3 is 15.4 Å². The summed E-state index contributed by atoms with van der Waals surface area (Å²) in [6.07, 6.45) is 1.83. The summed E-state index contributed by atoms with van der Waals surface area (Å²) in [6, 6.07) is 32.4. The largest absolute Gasteiger partial charge is 0.497 e. The van der Waals surface area contributed by atoms with Crippen molar-refractivity contribution >= 4 is 33.9 Å². The van der Waals surface area contributed by atoms with Gasteiger partial charge in [0.15, 0.2) is 5.65 Å². The molecule has 0 radical (unpaired) electrons. The second kappa shape index (κ2) is 9.38. The minimum Gasteiger partial charge on any atom is -0.497 e. The van der Waals surface area contributed by atoms with Crippen LogP contribution in [-0.4, -0.2) is 26.7 Å². The molecule has 0 fully saturated rings. The maximum Gasteiger partial charge on any atom is 0.247 e. The average molecular weight is 473 g/mol. The molecule has 0 saturated heterocycles. The van der Waals surface area contributed by atoms with Crippen molar-refractivity contribution in [1.82, 2.24) is 19.6 Å². The van der Waals surface area contributed by atoms with Crippen molar-refractivity contribution in [3.8, 4) is 17.0 Å². The molecule has 3 heterocycles. The molecule has 0 amide bonds. The summed E-state index contributed by atoms with van der Waals surface area (Å²) >= 11 is 0. The van der Waals surface area contributed by atoms with Crippen LogP contribution in [0.5, 0.6) is 5.75 Å². The number of pyridine rings is 2. The first-order valence-electron chi connectivity index (χ1n) is 11.7. The van der Waals surface area contributed by atoms with E-state index in [-0.39, 0.29) is 0 Å². The molecule has 176 valence electrons. The molecule has 0 aliphatic rings. The molecule has 7 nitrogen and oxygen atoms in total. The fourth-order valence-corrected chi connectivity index (χ4v) is 4.23. The second-order valence-electron chi connectivity index (χ2n) is 8.40. The van der Waals surface area contributed by atoms with E-state index >= 15 is 0 Å². The van der Waals surface area contributed by atoms with Crippen LogP contribution in [0.1, 0.15) is 5.56 Å². The van der Waals surface area contributed by atoms with Crippen molar-refractivity contribution in [3.05, 3.63) is 109 Å². The van der Waals surface area contributed by atoms with Crippen LogP contribution in [0.15, 0.2) is 103 Å². The van der Waals surface area contributed by atoms with Gasteiger partial charge in [0, 0.05) is 29.4 Å². The van der Waals surface area contributed by atoms with Crippen LogP contribution in [0.25, 0.3) is 27.7 Å². The molecular weight excluding hydrogens is 448 g/mol. The number of methoxy groups -OCH3 is 1. The van der Waals surface area contributed by atoms with Crippen molar-refractivity contribution in [3.63, 3.8) is 0 Å². The van der Waals surface area contributed by atoms with Gasteiger partial charge in [-0.25, -0.2) is 9.50 Å². The summed E-state index contributed by atoms with van der Waals surface area (Å²) in [5, 5.41) is 13.7. The predicted octanol–water partition coefficient (Wildman–Crippen LogP) is 6.31. The molecule has 6 rings (SSSR count). The molecule has 0 bridgehead atoms. The molecule has 0 saturated carbocycles. The Morgan fingerprint density at radius 1 is 0.861 bits per heavy atom. The van der Waals surface area contributed by atoms with Crippen molar-refractivity contribution in [1.29, 1.82) is 0 Å². The summed E-state index contributed by atoms with van der Waals surface area (Å²) in [5.41, 5.74) is 4.85. The molecule has 0 aliphatic heterocycles. The van der Waals surface area contributed by atoms with Gasteiger partial charge in [0.25, 0.3) is 0 Å². The number of nitrogens with one attached hydrogen (secondary N) is 2. The summed E-state index contributed by atoms with van der Waals surface area (Å²) < 4.78 is 7.13. The smallest absolute Gasteiger partial charge is 0.247 e. The Morgan fingerprint density at radius 3 is 2.56 bits per heavy atom. The SMILES string of the molecule is COc1ccc(CNc2nccc3ccc(-c4cccc5nc(Nc6ccccc6)nn45)cc23)cc1. The average Bonchev–Trinajstić information content (AvgIpc) is 3.35. The summed E-state index contributed by atoms with van der Waals surface area (Å²) in [5.74, 6) is 2.23. The molecule has 2 N–H and O–H groups in total. The van der Waals surface area contributed by atoms with Crippen molar-refractivity contribution < 1.29 is 4.74 Å². The number of rotatable bonds is 7. The Balaban J connectivity index is 1.33. The van der Waals surface area contributed by atoms with Crippen LogP contribution in [-0.2, 0) is 6.54 Å². The van der Waals surface area contributed by atoms with Gasteiger partial charge in [-0.15, -0.1) is 5.10 Å². The van der Waals surface area contributed by atoms with Crippen molar-refractivity contribution in [2.45, 2.75) is 6.54 Å². The van der Waals surface area contributed by atoms with Gasteiger partial charge in [0.05, 0.1) is 12.8 Å². The third-order valence-corrected chi connectivity index (χ3v) is 6.07. The lowest BCUT2D eigenvalue weighted by Crippen LogP contribution is -2.02. The van der Waals surface area contributed by atoms with E-state index in [2.05, 4.69) is 57.0 Å². The Bertz CT molecular complexity index is 1640. The van der Waals surface area contributed by atoms with Crippen LogP contribution in [0.4, 0.5) is 17.5 Å². The number of fused-ring (bicyclic) bond motifs is 2. The number of benzene rings is 3. The number of hydrogen-bond acceptors (Lipinski definition) is 6. The van der Waals surface area contributed by atoms with E-state index in [1.54, 1.807) is 7.11 Å². The lowest BCUT2D eigenvalue weighted by Gasteiger charge is -2.11. The molecule has 6 aromatic rings. The summed E-state index contributed by atoms with van der Waals surface area (Å²) in [4.78, 5) is 9.28. The van der Waals surface area contributed by atoms with Gasteiger partial charge in [-0.1, -0.05) is 48.5 Å². The van der Waals surface area contributed by atoms with Crippen LogP contribution in [0.3, 0.4) is 0 Å². The van der Waals surface area contributed by atoms with Crippen LogP contribution < -0.4 is 15.4 Å². The fourth-order valence-electron chi connectivity index (χ4n) is 4.23. The summed E-state index contributed by atoms with van der Waals surface area (Å²) in [7, 11) is 1.67. The molecule has 7 heteroatoms. The van der Waals surface area contributed by atoms with E-state index in [1.165, 1.54) is 0 Å². The molecule has 3 aromatic carbocycles. The normalized spacial score (nSPS) is 11.0. The Hall–Kier alpha value is -4.91. The molecule has 36 heavy (non-hydrogen) atoms. The van der Waals surface area contributed by atoms with Crippen LogP contribution in [0.2, 0.25) is 0 Å². The third kappa shape index (κ3) is 4.30. The van der Waals surface area contributed by atoms with Crippen molar-refractivity contribution in [2.75, 3.05) is 17.7 Å². The first-order chi connectivity index (χ1) is 17.8. The summed E-state index contributed by atoms with van der Waals surface area (Å²) in [6.45, 7) is 0.660. The van der Waals surface area contributed by atoms with Gasteiger partial charge >= 0.3 is 0 Å². The molecule has 0 spiro atoms. The predicted molar refractivity (Wildman–Crippen MR) is 144 cm³/mol. The van der Waals surface area contributed by atoms with Gasteiger partial charge in [0.2, 0.25) is 5.95 Å². The maximum absolute atomic E-state index is 5.26. The quantitative estimate of drug-likeness (QED) is 0.284. The Kier molecular flexibility index (Phi) is 5.63. The lowest BCUT2D eigenvalue weighted by molar-refractivity contribution is 0.414. The standard InChI is InChI=1S/C29H24N6O/c1-36-24-14-10-20(11-15-24)19-31-28-25-18-22(13-12-21(25)16-17-30-28)26-8-5-9-27-33-29(34-35(26)27)32-23-6-3-2-4-7-23/h2-18H,19H2,1H3,(H,30,31)(H,32,34). The first kappa shape index (κ1) is 21.6. The van der Waals surface area contributed by atoms with E-state index in [4.69, 9.17) is 9.84 Å². The van der Waals surface area contributed by atoms with E-state index in [0.717, 1.165) is 50.5 Å². The molecule has 3 aromatic heterocycles. The number of ether oxygens (including phenoxy) is 1. The number of para-hydroxylation sites is 1. The monoisotopic (exact) mass is 472 g/mol. The number of anilines is 3. The van der Waals surface area contributed by atoms with Gasteiger partial charge in [-0.05, 0) is 59.5 Å². The van der Waals surface area contributed by atoms with Gasteiger partial charge in [-0.3, -0.25) is 0 Å². The van der Waals surface area contributed by atoms with Crippen molar-refractivity contribution in [2.24, 2.45) is 0 Å². The topological polar surface area (TPSA) is 76.4 Å². The van der Waals surface area contributed by atoms with E-state index < -0.39 is 0 Å². The number of aromatic nitrogens is 4. The first-order valence-corrected chi connectivity index (χ1v) is 11.7. The fraction of sp³-hybridized carbons (Fsp3) is 0.0690. The molecule has 0 unspecified atom stereocenters. The molecular formula is C29H24N6O. The second-order valence-corrected chi connectivity index (χ2v) is 8.40. The molecule has 0 aliphatic carbocycles. The van der Waals surface area contributed by atoms with Gasteiger partial charge in [0.1, 0.15) is 11.6 Å². The zero-order chi connectivity index (χ0) is 24.3. The van der Waals surface area contributed by atoms with Gasteiger partial charge in [-0.2, -0.15) is 4.98 Å². The minimum atomic E-state index is 0.554. The number of nitrogens with zero attached hydrogens (tertiary/aromatic N) is 4. The maximum atomic E-state index is 5.26. The van der Waals surface area contributed by atoms with E-state index in [9.17, 15) is 0 Å². The van der Waals surface area contributed by atoms with Crippen LogP contribution in [0, 0.1) is 0 Å². The number of hydrogen-bond donors (Lipinski definition) is 2. The zero-order valence-corrected chi connectivity index (χ0v) is 19.7. The van der Waals surface area contributed by atoms with E-state index in [0.29, 0.717) is 12.5 Å². The highest BCUT2D eigenvalue weighted by molar-refractivity contribution is 5.94. The zero-order valence-electron chi connectivity index (χ0n) is 19.7. The minimum absolute atomic E-state index is 0.554. The lowest BCUT2D eigenvalue weighted by atomic mass is 10.1.